The first-order chi connectivity index (χ1) is 12.5. The molecular weight excluding hydrogens is 348 g/mol. The number of carbonyl (C=O) groups is 2. The van der Waals surface area contributed by atoms with E-state index in [1.54, 1.807) is 32.2 Å². The summed E-state index contributed by atoms with van der Waals surface area (Å²) in [7, 11) is 5.11. The molecule has 0 radical (unpaired) electrons. The topological polar surface area (TPSA) is 58.6 Å². The standard InChI is InChI=1S/C20H24N2O3S/c1-22(2)19(23)14-26-18-7-5-4-6-17(18)20(24)21-12-15-8-10-16(11-9-15)13-25-3/h4-11H,12-14H2,1-3H3,(H,21,24). The van der Waals surface area contributed by atoms with Crippen molar-refractivity contribution in [3.8, 4) is 0 Å². The predicted molar refractivity (Wildman–Crippen MR) is 104 cm³/mol. The molecule has 0 saturated heterocycles. The fourth-order valence-corrected chi connectivity index (χ4v) is 3.27. The highest BCUT2D eigenvalue weighted by molar-refractivity contribution is 8.00. The van der Waals surface area contributed by atoms with Crippen LogP contribution in [0.25, 0.3) is 0 Å². The Balaban J connectivity index is 1.97. The number of carbonyl (C=O) groups excluding carboxylic acids is 2. The van der Waals surface area contributed by atoms with Gasteiger partial charge in [-0.05, 0) is 23.3 Å². The molecule has 0 spiro atoms. The monoisotopic (exact) mass is 372 g/mol. The Bertz CT molecular complexity index is 745. The van der Waals surface area contributed by atoms with Gasteiger partial charge in [0.05, 0.1) is 17.9 Å². The number of ether oxygens (including phenoxy) is 1. The fourth-order valence-electron chi connectivity index (χ4n) is 2.25. The molecule has 0 unspecified atom stereocenters. The van der Waals surface area contributed by atoms with Gasteiger partial charge in [-0.2, -0.15) is 0 Å². The molecule has 0 aromatic heterocycles. The van der Waals surface area contributed by atoms with Gasteiger partial charge in [0.1, 0.15) is 0 Å². The summed E-state index contributed by atoms with van der Waals surface area (Å²) in [6, 6.07) is 15.3. The van der Waals surface area contributed by atoms with Crippen molar-refractivity contribution in [1.29, 1.82) is 0 Å². The Morgan fingerprint density at radius 1 is 1.04 bits per heavy atom. The van der Waals surface area contributed by atoms with Gasteiger partial charge >= 0.3 is 0 Å². The molecule has 138 valence electrons. The van der Waals surface area contributed by atoms with E-state index in [4.69, 9.17) is 4.74 Å². The van der Waals surface area contributed by atoms with Gasteiger partial charge in [0, 0.05) is 32.6 Å². The average molecular weight is 372 g/mol. The Hall–Kier alpha value is -2.31. The van der Waals surface area contributed by atoms with Gasteiger partial charge in [0.25, 0.3) is 5.91 Å². The quantitative estimate of drug-likeness (QED) is 0.724. The molecule has 26 heavy (non-hydrogen) atoms. The Morgan fingerprint density at radius 2 is 1.69 bits per heavy atom. The summed E-state index contributed by atoms with van der Waals surface area (Å²) >= 11 is 1.37. The van der Waals surface area contributed by atoms with Crippen LogP contribution in [0.2, 0.25) is 0 Å². The van der Waals surface area contributed by atoms with Crippen molar-refractivity contribution in [2.75, 3.05) is 27.0 Å². The summed E-state index contributed by atoms with van der Waals surface area (Å²) < 4.78 is 5.09. The van der Waals surface area contributed by atoms with Crippen LogP contribution in [0.1, 0.15) is 21.5 Å². The molecule has 2 aromatic rings. The van der Waals surface area contributed by atoms with Gasteiger partial charge in [-0.3, -0.25) is 9.59 Å². The lowest BCUT2D eigenvalue weighted by Gasteiger charge is -2.12. The molecule has 0 fully saturated rings. The van der Waals surface area contributed by atoms with Crippen molar-refractivity contribution in [2.45, 2.75) is 18.0 Å². The molecule has 0 aliphatic rings. The van der Waals surface area contributed by atoms with Gasteiger partial charge in [-0.1, -0.05) is 36.4 Å². The third kappa shape index (κ3) is 5.89. The summed E-state index contributed by atoms with van der Waals surface area (Å²) in [5.41, 5.74) is 2.70. The number of thioether (sulfide) groups is 1. The second-order valence-corrected chi connectivity index (χ2v) is 7.02. The van der Waals surface area contributed by atoms with Gasteiger partial charge in [-0.25, -0.2) is 0 Å². The summed E-state index contributed by atoms with van der Waals surface area (Å²) in [5.74, 6) is 0.172. The Morgan fingerprint density at radius 3 is 2.35 bits per heavy atom. The van der Waals surface area contributed by atoms with Crippen LogP contribution >= 0.6 is 11.8 Å². The summed E-state index contributed by atoms with van der Waals surface area (Å²) in [4.78, 5) is 26.7. The summed E-state index contributed by atoms with van der Waals surface area (Å²) in [5, 5.41) is 2.94. The Kier molecular flexibility index (Phi) is 7.69. The average Bonchev–Trinajstić information content (AvgIpc) is 2.65. The number of nitrogens with zero attached hydrogens (tertiary/aromatic N) is 1. The maximum Gasteiger partial charge on any atom is 0.252 e. The van der Waals surface area contributed by atoms with Crippen LogP contribution in [0.5, 0.6) is 0 Å². The first-order valence-electron chi connectivity index (χ1n) is 8.28. The molecule has 2 aromatic carbocycles. The largest absolute Gasteiger partial charge is 0.380 e. The lowest BCUT2D eigenvalue weighted by Crippen LogP contribution is -2.25. The fraction of sp³-hybridized carbons (Fsp3) is 0.300. The normalized spacial score (nSPS) is 10.4. The number of rotatable bonds is 8. The molecule has 6 heteroatoms. The zero-order chi connectivity index (χ0) is 18.9. The molecule has 2 amide bonds. The van der Waals surface area contributed by atoms with Crippen LogP contribution in [-0.4, -0.2) is 43.7 Å². The van der Waals surface area contributed by atoms with Crippen molar-refractivity contribution < 1.29 is 14.3 Å². The minimum absolute atomic E-state index is 0.0151. The van der Waals surface area contributed by atoms with Crippen LogP contribution in [0, 0.1) is 0 Å². The van der Waals surface area contributed by atoms with E-state index in [9.17, 15) is 9.59 Å². The SMILES string of the molecule is COCc1ccc(CNC(=O)c2ccccc2SCC(=O)N(C)C)cc1. The molecule has 0 aliphatic carbocycles. The lowest BCUT2D eigenvalue weighted by atomic mass is 10.1. The third-order valence-electron chi connectivity index (χ3n) is 3.77. The number of amides is 2. The Labute approximate surface area is 158 Å². The highest BCUT2D eigenvalue weighted by Crippen LogP contribution is 2.23. The van der Waals surface area contributed by atoms with Crippen LogP contribution < -0.4 is 5.32 Å². The van der Waals surface area contributed by atoms with Crippen molar-refractivity contribution in [3.05, 3.63) is 65.2 Å². The molecule has 0 atom stereocenters. The number of methoxy groups -OCH3 is 1. The molecule has 1 N–H and O–H groups in total. The highest BCUT2D eigenvalue weighted by Gasteiger charge is 2.13. The predicted octanol–water partition coefficient (Wildman–Crippen LogP) is 2.94. The third-order valence-corrected chi connectivity index (χ3v) is 4.83. The van der Waals surface area contributed by atoms with Crippen molar-refractivity contribution in [1.82, 2.24) is 10.2 Å². The van der Waals surface area contributed by atoms with Crippen LogP contribution in [0.15, 0.2) is 53.4 Å². The molecule has 0 bridgehead atoms. The van der Waals surface area contributed by atoms with E-state index in [0.717, 1.165) is 16.0 Å². The lowest BCUT2D eigenvalue weighted by molar-refractivity contribution is -0.125. The maximum absolute atomic E-state index is 12.5. The minimum Gasteiger partial charge on any atom is -0.380 e. The van der Waals surface area contributed by atoms with Gasteiger partial charge < -0.3 is 15.0 Å². The van der Waals surface area contributed by atoms with E-state index >= 15 is 0 Å². The molecule has 0 aliphatic heterocycles. The van der Waals surface area contributed by atoms with Crippen LogP contribution in [0.4, 0.5) is 0 Å². The first-order valence-corrected chi connectivity index (χ1v) is 9.26. The van der Waals surface area contributed by atoms with E-state index in [2.05, 4.69) is 5.32 Å². The molecule has 0 saturated carbocycles. The van der Waals surface area contributed by atoms with Crippen molar-refractivity contribution >= 4 is 23.6 Å². The zero-order valence-electron chi connectivity index (χ0n) is 15.3. The number of nitrogens with one attached hydrogen (secondary N) is 1. The van der Waals surface area contributed by atoms with Crippen molar-refractivity contribution in [3.63, 3.8) is 0 Å². The summed E-state index contributed by atoms with van der Waals surface area (Å²) in [6.45, 7) is 1.02. The zero-order valence-corrected chi connectivity index (χ0v) is 16.1. The molecule has 5 nitrogen and oxygen atoms in total. The van der Waals surface area contributed by atoms with E-state index in [1.807, 2.05) is 42.5 Å². The number of benzene rings is 2. The minimum atomic E-state index is -0.147. The van der Waals surface area contributed by atoms with Crippen LogP contribution in [-0.2, 0) is 22.7 Å². The molecule has 0 heterocycles. The van der Waals surface area contributed by atoms with E-state index in [0.29, 0.717) is 24.5 Å². The van der Waals surface area contributed by atoms with E-state index in [1.165, 1.54) is 11.8 Å². The van der Waals surface area contributed by atoms with Gasteiger partial charge in [0.15, 0.2) is 0 Å². The second kappa shape index (κ2) is 9.99. The number of hydrogen-bond acceptors (Lipinski definition) is 4. The number of hydrogen-bond donors (Lipinski definition) is 1. The maximum atomic E-state index is 12.5. The van der Waals surface area contributed by atoms with Crippen LogP contribution in [0.3, 0.4) is 0 Å². The smallest absolute Gasteiger partial charge is 0.252 e. The molecule has 2 rings (SSSR count). The van der Waals surface area contributed by atoms with Gasteiger partial charge in [0.2, 0.25) is 5.91 Å². The summed E-state index contributed by atoms with van der Waals surface area (Å²) in [6.07, 6.45) is 0. The van der Waals surface area contributed by atoms with E-state index in [-0.39, 0.29) is 11.8 Å². The first kappa shape index (κ1) is 20.0. The second-order valence-electron chi connectivity index (χ2n) is 6.01. The van der Waals surface area contributed by atoms with Gasteiger partial charge in [-0.15, -0.1) is 11.8 Å². The van der Waals surface area contributed by atoms with E-state index < -0.39 is 0 Å². The van der Waals surface area contributed by atoms with Crippen molar-refractivity contribution in [2.24, 2.45) is 0 Å². The molecular formula is C20H24N2O3S. The highest BCUT2D eigenvalue weighted by atomic mass is 32.2.